The summed E-state index contributed by atoms with van der Waals surface area (Å²) in [7, 11) is 0. The third-order valence-corrected chi connectivity index (χ3v) is 3.83. The molecule has 1 heterocycles. The Labute approximate surface area is 115 Å². The number of aryl methyl sites for hydroxylation is 2. The lowest BCUT2D eigenvalue weighted by molar-refractivity contribution is 0.595. The Bertz CT molecular complexity index is 567. The molecule has 0 fully saturated rings. The van der Waals surface area contributed by atoms with Crippen molar-refractivity contribution in [3.63, 3.8) is 0 Å². The van der Waals surface area contributed by atoms with E-state index < -0.39 is 11.6 Å². The lowest BCUT2D eigenvalue weighted by atomic mass is 10.1. The molecule has 0 saturated carbocycles. The molecule has 0 unspecified atom stereocenters. The van der Waals surface area contributed by atoms with Crippen molar-refractivity contribution in [1.29, 1.82) is 0 Å². The molecule has 1 aromatic heterocycles. The number of hydrogen-bond acceptors (Lipinski definition) is 3. The number of hydrogen-bond donors (Lipinski definition) is 1. The van der Waals surface area contributed by atoms with E-state index in [9.17, 15) is 8.78 Å². The summed E-state index contributed by atoms with van der Waals surface area (Å²) in [6, 6.07) is 2.42. The highest BCUT2D eigenvalue weighted by Crippen LogP contribution is 2.27. The predicted octanol–water partition coefficient (Wildman–Crippen LogP) is 3.68. The zero-order chi connectivity index (χ0) is 13.8. The highest BCUT2D eigenvalue weighted by atomic mass is 32.1. The van der Waals surface area contributed by atoms with E-state index >= 15 is 0 Å². The standard InChI is InChI=1S/C14H16F2N2S/c1-9-6-12(16)10(7-11(9)15)13-8-19-14(18-13)4-2-3-5-17/h6-8H,2-5,17H2,1H3. The van der Waals surface area contributed by atoms with Gasteiger partial charge in [0.15, 0.2) is 0 Å². The van der Waals surface area contributed by atoms with E-state index in [0.717, 1.165) is 24.3 Å². The zero-order valence-electron chi connectivity index (χ0n) is 10.7. The minimum atomic E-state index is -0.433. The van der Waals surface area contributed by atoms with Gasteiger partial charge in [0.1, 0.15) is 11.6 Å². The Balaban J connectivity index is 2.20. The molecule has 2 rings (SSSR count). The number of nitrogens with zero attached hydrogens (tertiary/aromatic N) is 1. The number of benzene rings is 1. The van der Waals surface area contributed by atoms with Crippen LogP contribution >= 0.6 is 11.3 Å². The van der Waals surface area contributed by atoms with Crippen molar-refractivity contribution in [2.45, 2.75) is 26.2 Å². The lowest BCUT2D eigenvalue weighted by Crippen LogP contribution is -1.98. The molecular formula is C14H16F2N2S. The Morgan fingerprint density at radius 1 is 1.21 bits per heavy atom. The summed E-state index contributed by atoms with van der Waals surface area (Å²) in [4.78, 5) is 4.35. The van der Waals surface area contributed by atoms with Crippen molar-refractivity contribution >= 4 is 11.3 Å². The summed E-state index contributed by atoms with van der Waals surface area (Å²) >= 11 is 1.47. The van der Waals surface area contributed by atoms with Crippen molar-refractivity contribution in [1.82, 2.24) is 4.98 Å². The molecule has 2 N–H and O–H groups in total. The predicted molar refractivity (Wildman–Crippen MR) is 74.2 cm³/mol. The summed E-state index contributed by atoms with van der Waals surface area (Å²) in [5, 5.41) is 2.70. The molecule has 0 aliphatic carbocycles. The number of thiazole rings is 1. The third kappa shape index (κ3) is 3.36. The van der Waals surface area contributed by atoms with Gasteiger partial charge in [-0.3, -0.25) is 0 Å². The quantitative estimate of drug-likeness (QED) is 0.850. The van der Waals surface area contributed by atoms with Gasteiger partial charge in [0.25, 0.3) is 0 Å². The van der Waals surface area contributed by atoms with E-state index in [1.54, 1.807) is 12.3 Å². The summed E-state index contributed by atoms with van der Waals surface area (Å²) in [6.07, 6.45) is 2.74. The van der Waals surface area contributed by atoms with Gasteiger partial charge >= 0.3 is 0 Å². The van der Waals surface area contributed by atoms with Gasteiger partial charge in [0, 0.05) is 10.9 Å². The number of halogens is 2. The van der Waals surface area contributed by atoms with E-state index in [2.05, 4.69) is 4.98 Å². The minimum absolute atomic E-state index is 0.226. The van der Waals surface area contributed by atoms with Gasteiger partial charge < -0.3 is 5.73 Å². The summed E-state index contributed by atoms with van der Waals surface area (Å²) in [5.41, 5.74) is 6.47. The van der Waals surface area contributed by atoms with Crippen LogP contribution in [0.3, 0.4) is 0 Å². The molecule has 5 heteroatoms. The second-order valence-corrected chi connectivity index (χ2v) is 5.40. The SMILES string of the molecule is Cc1cc(F)c(-c2csc(CCCCN)n2)cc1F. The minimum Gasteiger partial charge on any atom is -0.330 e. The molecule has 0 aliphatic heterocycles. The van der Waals surface area contributed by atoms with Gasteiger partial charge in [0.05, 0.1) is 10.7 Å². The maximum atomic E-state index is 13.8. The number of nitrogens with two attached hydrogens (primary N) is 1. The molecule has 0 saturated heterocycles. The van der Waals surface area contributed by atoms with Gasteiger partial charge in [0.2, 0.25) is 0 Å². The van der Waals surface area contributed by atoms with Gasteiger partial charge in [-0.2, -0.15) is 0 Å². The fraction of sp³-hybridized carbons (Fsp3) is 0.357. The topological polar surface area (TPSA) is 38.9 Å². The highest BCUT2D eigenvalue weighted by Gasteiger charge is 2.12. The number of unbranched alkanes of at least 4 members (excludes halogenated alkanes) is 1. The van der Waals surface area contributed by atoms with E-state index in [4.69, 9.17) is 5.73 Å². The van der Waals surface area contributed by atoms with E-state index in [1.807, 2.05) is 0 Å². The average molecular weight is 282 g/mol. The Morgan fingerprint density at radius 2 is 2.00 bits per heavy atom. The maximum Gasteiger partial charge on any atom is 0.133 e. The molecule has 0 spiro atoms. The first-order valence-electron chi connectivity index (χ1n) is 6.22. The van der Waals surface area contributed by atoms with Crippen LogP contribution in [0.2, 0.25) is 0 Å². The number of rotatable bonds is 5. The zero-order valence-corrected chi connectivity index (χ0v) is 11.6. The van der Waals surface area contributed by atoms with Crippen LogP contribution in [-0.2, 0) is 6.42 Å². The molecule has 1 aromatic carbocycles. The monoisotopic (exact) mass is 282 g/mol. The van der Waals surface area contributed by atoms with Crippen LogP contribution in [0.1, 0.15) is 23.4 Å². The highest BCUT2D eigenvalue weighted by molar-refractivity contribution is 7.09. The first kappa shape index (κ1) is 14.1. The van der Waals surface area contributed by atoms with Crippen molar-refractivity contribution in [3.8, 4) is 11.3 Å². The normalized spacial score (nSPS) is 10.9. The fourth-order valence-electron chi connectivity index (χ4n) is 1.81. The van der Waals surface area contributed by atoms with Crippen LogP contribution in [0.25, 0.3) is 11.3 Å². The molecule has 2 nitrogen and oxygen atoms in total. The largest absolute Gasteiger partial charge is 0.330 e. The van der Waals surface area contributed by atoms with Crippen LogP contribution in [-0.4, -0.2) is 11.5 Å². The van der Waals surface area contributed by atoms with E-state index in [1.165, 1.54) is 23.5 Å². The molecule has 2 aromatic rings. The molecule has 0 radical (unpaired) electrons. The first-order chi connectivity index (χ1) is 9.11. The van der Waals surface area contributed by atoms with E-state index in [0.29, 0.717) is 17.8 Å². The van der Waals surface area contributed by atoms with Crippen molar-refractivity contribution in [2.75, 3.05) is 6.54 Å². The average Bonchev–Trinajstić information content (AvgIpc) is 2.83. The molecule has 0 bridgehead atoms. The fourth-order valence-corrected chi connectivity index (χ4v) is 2.65. The Kier molecular flexibility index (Phi) is 4.61. The van der Waals surface area contributed by atoms with Crippen molar-refractivity contribution in [2.24, 2.45) is 5.73 Å². The summed E-state index contributed by atoms with van der Waals surface area (Å²) in [6.45, 7) is 2.21. The summed E-state index contributed by atoms with van der Waals surface area (Å²) < 4.78 is 27.3. The lowest BCUT2D eigenvalue weighted by Gasteiger charge is -2.02. The molecular weight excluding hydrogens is 266 g/mol. The summed E-state index contributed by atoms with van der Waals surface area (Å²) in [5.74, 6) is -0.841. The van der Waals surface area contributed by atoms with Gasteiger partial charge in [-0.15, -0.1) is 11.3 Å². The Hall–Kier alpha value is -1.33. The van der Waals surface area contributed by atoms with Crippen LogP contribution < -0.4 is 5.73 Å². The number of aromatic nitrogens is 1. The van der Waals surface area contributed by atoms with E-state index in [-0.39, 0.29) is 5.56 Å². The maximum absolute atomic E-state index is 13.8. The third-order valence-electron chi connectivity index (χ3n) is 2.92. The van der Waals surface area contributed by atoms with Crippen LogP contribution in [0.5, 0.6) is 0 Å². The van der Waals surface area contributed by atoms with Crippen molar-refractivity contribution in [3.05, 3.63) is 39.7 Å². The van der Waals surface area contributed by atoms with Crippen molar-refractivity contribution < 1.29 is 8.78 Å². The molecule has 0 atom stereocenters. The second kappa shape index (κ2) is 6.21. The molecule has 102 valence electrons. The van der Waals surface area contributed by atoms with Gasteiger partial charge in [-0.05, 0) is 50.4 Å². The van der Waals surface area contributed by atoms with Gasteiger partial charge in [-0.25, -0.2) is 13.8 Å². The first-order valence-corrected chi connectivity index (χ1v) is 7.10. The molecule has 19 heavy (non-hydrogen) atoms. The Morgan fingerprint density at radius 3 is 2.74 bits per heavy atom. The second-order valence-electron chi connectivity index (χ2n) is 4.45. The molecule has 0 amide bonds. The van der Waals surface area contributed by atoms with Crippen LogP contribution in [0.15, 0.2) is 17.5 Å². The van der Waals surface area contributed by atoms with Gasteiger partial charge in [-0.1, -0.05) is 0 Å². The smallest absolute Gasteiger partial charge is 0.133 e. The van der Waals surface area contributed by atoms with Crippen LogP contribution in [0, 0.1) is 18.6 Å². The van der Waals surface area contributed by atoms with Crippen LogP contribution in [0.4, 0.5) is 8.78 Å². The molecule has 0 aliphatic rings.